The Morgan fingerprint density at radius 1 is 0.660 bits per heavy atom. The van der Waals surface area contributed by atoms with Crippen LogP contribution in [0.25, 0.3) is 0 Å². The molecule has 0 aliphatic carbocycles. The van der Waals surface area contributed by atoms with Crippen LogP contribution in [-0.2, 0) is 32.7 Å². The topological polar surface area (TPSA) is 108 Å². The highest BCUT2D eigenvalue weighted by Crippen LogP contribution is 2.43. The molecule has 10 heteroatoms. The van der Waals surface area contributed by atoms with Crippen molar-refractivity contribution in [3.63, 3.8) is 0 Å². The molecule has 0 heterocycles. The molecule has 47 heavy (non-hydrogen) atoms. The molecule has 0 aromatic heterocycles. The molecule has 0 aliphatic heterocycles. The highest BCUT2D eigenvalue weighted by Gasteiger charge is 2.27. The number of hydrogen-bond donors (Lipinski definition) is 1. The molecule has 0 radical (unpaired) electrons. The van der Waals surface area contributed by atoms with Crippen LogP contribution in [0, 0.1) is 0 Å². The van der Waals surface area contributed by atoms with E-state index in [1.165, 1.54) is 51.4 Å². The number of esters is 2. The molecule has 0 saturated heterocycles. The number of allylic oxidation sites excluding steroid dienone is 4. The van der Waals surface area contributed by atoms with Gasteiger partial charge in [0, 0.05) is 12.8 Å². The highest BCUT2D eigenvalue weighted by atomic mass is 31.2. The average Bonchev–Trinajstić information content (AvgIpc) is 3.01. The molecule has 0 saturated carbocycles. The van der Waals surface area contributed by atoms with Gasteiger partial charge < -0.3 is 18.9 Å². The number of nitrogens with zero attached hydrogens (tertiary/aromatic N) is 1. The summed E-state index contributed by atoms with van der Waals surface area (Å²) in [5, 5.41) is 0. The van der Waals surface area contributed by atoms with Crippen LogP contribution in [0.1, 0.15) is 149 Å². The molecule has 9 nitrogen and oxygen atoms in total. The molecule has 1 unspecified atom stereocenters. The van der Waals surface area contributed by atoms with Crippen LogP contribution >= 0.6 is 7.82 Å². The van der Waals surface area contributed by atoms with E-state index in [1.54, 1.807) is 0 Å². The molecule has 1 N–H and O–H groups in total. The Bertz CT molecular complexity index is 871. The van der Waals surface area contributed by atoms with Crippen molar-refractivity contribution in [2.45, 2.75) is 155 Å². The predicted molar refractivity (Wildman–Crippen MR) is 192 cm³/mol. The standard InChI is InChI=1S/C37H70NO8P/c1-6-8-10-12-14-16-17-18-19-20-22-24-26-28-30-37(40)46-35(34-45-47(41,42)44-32-31-38(3,4)5)33-43-36(39)29-27-25-23-21-15-13-11-9-7-2/h12,14,17-18,35H,6-11,13,15-16,19-34H2,1-5H3/p+1/b14-12+,18-17+/t35-/m1/s1. The summed E-state index contributed by atoms with van der Waals surface area (Å²) < 4.78 is 34.1. The van der Waals surface area contributed by atoms with Gasteiger partial charge in [-0.05, 0) is 38.5 Å². The van der Waals surface area contributed by atoms with Crippen LogP contribution in [0.3, 0.4) is 0 Å². The molecule has 0 spiro atoms. The van der Waals surface area contributed by atoms with E-state index in [2.05, 4.69) is 38.2 Å². The van der Waals surface area contributed by atoms with Gasteiger partial charge in [0.15, 0.2) is 6.10 Å². The monoisotopic (exact) mass is 688 g/mol. The number of phosphoric acid groups is 1. The van der Waals surface area contributed by atoms with E-state index >= 15 is 0 Å². The average molecular weight is 689 g/mol. The van der Waals surface area contributed by atoms with Gasteiger partial charge in [-0.1, -0.05) is 122 Å². The first kappa shape index (κ1) is 45.5. The van der Waals surface area contributed by atoms with Gasteiger partial charge in [0.1, 0.15) is 19.8 Å². The maximum atomic E-state index is 12.6. The summed E-state index contributed by atoms with van der Waals surface area (Å²) in [6.45, 7) is 4.32. The third-order valence-corrected chi connectivity index (χ3v) is 8.72. The maximum Gasteiger partial charge on any atom is 0.472 e. The quantitative estimate of drug-likeness (QED) is 0.0239. The summed E-state index contributed by atoms with van der Waals surface area (Å²) in [5.41, 5.74) is 0. The molecule has 0 rings (SSSR count). The number of likely N-dealkylation sites (N-methyl/N-ethyl adjacent to an activating group) is 1. The van der Waals surface area contributed by atoms with Crippen molar-refractivity contribution in [1.29, 1.82) is 0 Å². The Morgan fingerprint density at radius 2 is 1.17 bits per heavy atom. The van der Waals surface area contributed by atoms with Gasteiger partial charge in [-0.3, -0.25) is 18.6 Å². The van der Waals surface area contributed by atoms with E-state index in [9.17, 15) is 19.0 Å². The van der Waals surface area contributed by atoms with Crippen LogP contribution in [-0.4, -0.2) is 74.9 Å². The lowest BCUT2D eigenvalue weighted by Gasteiger charge is -2.24. The van der Waals surface area contributed by atoms with Crippen molar-refractivity contribution in [2.75, 3.05) is 47.5 Å². The zero-order chi connectivity index (χ0) is 35.1. The van der Waals surface area contributed by atoms with Gasteiger partial charge >= 0.3 is 19.8 Å². The fourth-order valence-electron chi connectivity index (χ4n) is 4.73. The van der Waals surface area contributed by atoms with Crippen molar-refractivity contribution < 1.29 is 42.1 Å². The summed E-state index contributed by atoms with van der Waals surface area (Å²) in [4.78, 5) is 35.0. The minimum absolute atomic E-state index is 0.0300. The number of quaternary nitrogens is 1. The maximum absolute atomic E-state index is 12.6. The van der Waals surface area contributed by atoms with E-state index in [1.807, 2.05) is 21.1 Å². The molecule has 0 amide bonds. The number of phosphoric ester groups is 1. The Kier molecular flexibility index (Phi) is 29.6. The lowest BCUT2D eigenvalue weighted by molar-refractivity contribution is -0.870. The van der Waals surface area contributed by atoms with Gasteiger partial charge in [-0.2, -0.15) is 0 Å². The van der Waals surface area contributed by atoms with Crippen LogP contribution in [0.2, 0.25) is 0 Å². The number of ether oxygens (including phenoxy) is 2. The minimum atomic E-state index is -4.36. The summed E-state index contributed by atoms with van der Waals surface area (Å²) in [6.07, 6.45) is 29.4. The molecule has 0 aromatic carbocycles. The molecule has 2 atom stereocenters. The zero-order valence-corrected chi connectivity index (χ0v) is 31.7. The first-order chi connectivity index (χ1) is 22.5. The number of carbonyl (C=O) groups is 2. The lowest BCUT2D eigenvalue weighted by Crippen LogP contribution is -2.37. The minimum Gasteiger partial charge on any atom is -0.462 e. The smallest absolute Gasteiger partial charge is 0.462 e. The van der Waals surface area contributed by atoms with Crippen molar-refractivity contribution in [2.24, 2.45) is 0 Å². The number of carbonyl (C=O) groups excluding carboxylic acids is 2. The van der Waals surface area contributed by atoms with Gasteiger partial charge in [-0.25, -0.2) is 4.57 Å². The Labute approximate surface area is 288 Å². The summed E-state index contributed by atoms with van der Waals surface area (Å²) in [6, 6.07) is 0. The number of rotatable bonds is 33. The fraction of sp³-hybridized carbons (Fsp3) is 0.838. The fourth-order valence-corrected chi connectivity index (χ4v) is 5.48. The second-order valence-corrected chi connectivity index (χ2v) is 15.1. The predicted octanol–water partition coefficient (Wildman–Crippen LogP) is 9.63. The van der Waals surface area contributed by atoms with E-state index in [0.717, 1.165) is 64.2 Å². The van der Waals surface area contributed by atoms with Gasteiger partial charge in [0.25, 0.3) is 0 Å². The first-order valence-electron chi connectivity index (χ1n) is 18.6. The Morgan fingerprint density at radius 3 is 1.74 bits per heavy atom. The Balaban J connectivity index is 4.48. The third-order valence-electron chi connectivity index (χ3n) is 7.73. The second-order valence-electron chi connectivity index (χ2n) is 13.6. The number of unbranched alkanes of at least 4 members (excludes halogenated alkanes) is 15. The van der Waals surface area contributed by atoms with Crippen molar-refractivity contribution in [1.82, 2.24) is 0 Å². The molecule has 0 fully saturated rings. The summed E-state index contributed by atoms with van der Waals surface area (Å²) >= 11 is 0. The SMILES string of the molecule is CCCC/C=C/C/C=C/CCCCCCCC(=O)O[C@H](COC(=O)CCCCCCCCCCC)COP(=O)(O)OCC[N+](C)(C)C. The molecular weight excluding hydrogens is 617 g/mol. The van der Waals surface area contributed by atoms with Crippen molar-refractivity contribution in [3.8, 4) is 0 Å². The van der Waals surface area contributed by atoms with E-state index in [-0.39, 0.29) is 32.0 Å². The molecule has 276 valence electrons. The van der Waals surface area contributed by atoms with Crippen molar-refractivity contribution in [3.05, 3.63) is 24.3 Å². The third kappa shape index (κ3) is 34.2. The van der Waals surface area contributed by atoms with Crippen LogP contribution in [0.4, 0.5) is 0 Å². The first-order valence-corrected chi connectivity index (χ1v) is 20.1. The molecule has 0 bridgehead atoms. The zero-order valence-electron chi connectivity index (χ0n) is 30.8. The van der Waals surface area contributed by atoms with Gasteiger partial charge in [0.05, 0.1) is 27.7 Å². The van der Waals surface area contributed by atoms with Gasteiger partial charge in [0.2, 0.25) is 0 Å². The van der Waals surface area contributed by atoms with Crippen LogP contribution < -0.4 is 0 Å². The van der Waals surface area contributed by atoms with Gasteiger partial charge in [-0.15, -0.1) is 0 Å². The highest BCUT2D eigenvalue weighted by molar-refractivity contribution is 7.47. The van der Waals surface area contributed by atoms with E-state index in [0.29, 0.717) is 17.4 Å². The second kappa shape index (κ2) is 30.5. The summed E-state index contributed by atoms with van der Waals surface area (Å²) in [7, 11) is 1.47. The van der Waals surface area contributed by atoms with Crippen LogP contribution in [0.5, 0.6) is 0 Å². The molecular formula is C37H71NO8P+. The van der Waals surface area contributed by atoms with Crippen molar-refractivity contribution >= 4 is 19.8 Å². The Hall–Kier alpha value is -1.51. The lowest BCUT2D eigenvalue weighted by atomic mass is 10.1. The largest absolute Gasteiger partial charge is 0.472 e. The van der Waals surface area contributed by atoms with E-state index < -0.39 is 26.5 Å². The number of hydrogen-bond acceptors (Lipinski definition) is 7. The molecule has 0 aromatic rings. The van der Waals surface area contributed by atoms with E-state index in [4.69, 9.17) is 18.5 Å². The van der Waals surface area contributed by atoms with Crippen LogP contribution in [0.15, 0.2) is 24.3 Å². The summed E-state index contributed by atoms with van der Waals surface area (Å²) in [5.74, 6) is -0.819. The molecule has 0 aliphatic rings. The normalized spacial score (nSPS) is 14.1.